The fourth-order valence-electron chi connectivity index (χ4n) is 5.18. The van der Waals surface area contributed by atoms with Gasteiger partial charge in [0.1, 0.15) is 23.4 Å². The van der Waals surface area contributed by atoms with E-state index < -0.39 is 34.5 Å². The molecule has 1 N–H and O–H groups in total. The van der Waals surface area contributed by atoms with Crippen molar-refractivity contribution in [1.29, 1.82) is 21.2 Å². The molecule has 0 aliphatic carbocycles. The van der Waals surface area contributed by atoms with Gasteiger partial charge in [0.25, 0.3) is 0 Å². The molecular formula is C25H22N4O5. The van der Waals surface area contributed by atoms with Crippen molar-refractivity contribution in [2.75, 3.05) is 21.3 Å². The molecule has 0 radical (unpaired) electrons. The average molecular weight is 458 g/mol. The quantitative estimate of drug-likeness (QED) is 0.712. The molecule has 2 aromatic carbocycles. The molecule has 9 heteroatoms. The van der Waals surface area contributed by atoms with Crippen LogP contribution < -0.4 is 14.2 Å². The molecule has 2 aliphatic rings. The molecule has 9 nitrogen and oxygen atoms in total. The van der Waals surface area contributed by atoms with Gasteiger partial charge >= 0.3 is 0 Å². The lowest BCUT2D eigenvalue weighted by molar-refractivity contribution is -0.254. The first-order valence-corrected chi connectivity index (χ1v) is 10.4. The van der Waals surface area contributed by atoms with Crippen LogP contribution in [0.1, 0.15) is 30.1 Å². The molecule has 0 amide bonds. The maximum Gasteiger partial charge on any atom is 0.219 e. The van der Waals surface area contributed by atoms with E-state index in [2.05, 4.69) is 6.07 Å². The van der Waals surface area contributed by atoms with Gasteiger partial charge in [0.15, 0.2) is 5.41 Å². The number of methoxy groups -OCH3 is 3. The minimum absolute atomic E-state index is 0.326. The maximum atomic E-state index is 10.6. The molecule has 4 unspecified atom stereocenters. The summed E-state index contributed by atoms with van der Waals surface area (Å²) in [6.07, 6.45) is -1.30. The number of para-hydroxylation sites is 1. The van der Waals surface area contributed by atoms with Gasteiger partial charge in [-0.2, -0.15) is 15.8 Å². The number of nitrogens with one attached hydrogen (secondary N) is 1. The highest BCUT2D eigenvalue weighted by Crippen LogP contribution is 2.70. The van der Waals surface area contributed by atoms with Crippen molar-refractivity contribution in [2.45, 2.75) is 24.7 Å². The number of ether oxygens (including phenoxy) is 5. The number of nitrogens with zero attached hydrogens (tertiary/aromatic N) is 3. The van der Waals surface area contributed by atoms with E-state index in [4.69, 9.17) is 29.1 Å². The highest BCUT2D eigenvalue weighted by Gasteiger charge is 2.80. The normalized spacial score (nSPS) is 28.6. The predicted molar refractivity (Wildman–Crippen MR) is 118 cm³/mol. The highest BCUT2D eigenvalue weighted by molar-refractivity contribution is 5.91. The van der Waals surface area contributed by atoms with Crippen LogP contribution >= 0.6 is 0 Å². The summed E-state index contributed by atoms with van der Waals surface area (Å²) < 4.78 is 28.6. The van der Waals surface area contributed by atoms with Crippen LogP contribution in [0.5, 0.6) is 17.2 Å². The van der Waals surface area contributed by atoms with Crippen molar-refractivity contribution in [3.05, 3.63) is 53.6 Å². The fourth-order valence-corrected chi connectivity index (χ4v) is 5.18. The Morgan fingerprint density at radius 2 is 1.53 bits per heavy atom. The lowest BCUT2D eigenvalue weighted by Gasteiger charge is -2.49. The second-order valence-electron chi connectivity index (χ2n) is 8.18. The first kappa shape index (κ1) is 22.9. The molecule has 4 atom stereocenters. The lowest BCUT2D eigenvalue weighted by Crippen LogP contribution is -2.57. The summed E-state index contributed by atoms with van der Waals surface area (Å²) in [5.74, 6) is -1.91. The standard InChI is InChI=1S/C25H22N4O5/c1-23-20(16-7-5-6-8-18(16)31-3)25(14-28,22(29)34-23)24(12-26,13-27)21(33-23)17-11-15(30-2)9-10-19(17)32-4/h5-11,20-21,29H,1-4H3. The number of rotatable bonds is 5. The van der Waals surface area contributed by atoms with Crippen LogP contribution in [-0.4, -0.2) is 33.0 Å². The van der Waals surface area contributed by atoms with E-state index in [0.717, 1.165) is 0 Å². The minimum Gasteiger partial charge on any atom is -0.497 e. The number of hydrogen-bond acceptors (Lipinski definition) is 9. The van der Waals surface area contributed by atoms with E-state index in [1.807, 2.05) is 12.1 Å². The van der Waals surface area contributed by atoms with Gasteiger partial charge < -0.3 is 23.7 Å². The third kappa shape index (κ3) is 2.70. The van der Waals surface area contributed by atoms with Crippen LogP contribution in [0.3, 0.4) is 0 Å². The molecule has 2 heterocycles. The van der Waals surface area contributed by atoms with E-state index >= 15 is 0 Å². The minimum atomic E-state index is -2.18. The zero-order valence-corrected chi connectivity index (χ0v) is 19.1. The zero-order chi connectivity index (χ0) is 24.7. The lowest BCUT2D eigenvalue weighted by atomic mass is 9.52. The second-order valence-corrected chi connectivity index (χ2v) is 8.18. The van der Waals surface area contributed by atoms with Crippen molar-refractivity contribution in [1.82, 2.24) is 0 Å². The van der Waals surface area contributed by atoms with Gasteiger partial charge in [0.05, 0.1) is 45.5 Å². The van der Waals surface area contributed by atoms with Crippen molar-refractivity contribution in [3.8, 4) is 35.5 Å². The van der Waals surface area contributed by atoms with E-state index in [0.29, 0.717) is 28.4 Å². The van der Waals surface area contributed by atoms with Crippen LogP contribution in [-0.2, 0) is 9.47 Å². The van der Waals surface area contributed by atoms with Gasteiger partial charge in [-0.25, -0.2) is 0 Å². The van der Waals surface area contributed by atoms with Crippen molar-refractivity contribution < 1.29 is 23.7 Å². The number of nitriles is 3. The molecule has 4 rings (SSSR count). The Kier molecular flexibility index (Phi) is 5.36. The number of benzene rings is 2. The van der Waals surface area contributed by atoms with E-state index in [1.165, 1.54) is 21.3 Å². The maximum absolute atomic E-state index is 10.6. The molecule has 2 saturated heterocycles. The molecule has 172 valence electrons. The summed E-state index contributed by atoms with van der Waals surface area (Å²) in [4.78, 5) is 0. The monoisotopic (exact) mass is 458 g/mol. The first-order valence-electron chi connectivity index (χ1n) is 10.4. The topological polar surface area (TPSA) is 141 Å². The molecule has 2 fully saturated rings. The van der Waals surface area contributed by atoms with Crippen LogP contribution in [0.15, 0.2) is 42.5 Å². The molecule has 0 spiro atoms. The van der Waals surface area contributed by atoms with Crippen LogP contribution in [0.4, 0.5) is 0 Å². The largest absolute Gasteiger partial charge is 0.497 e. The van der Waals surface area contributed by atoms with Gasteiger partial charge in [0.2, 0.25) is 17.1 Å². The van der Waals surface area contributed by atoms with Crippen LogP contribution in [0.25, 0.3) is 0 Å². The van der Waals surface area contributed by atoms with Gasteiger partial charge in [0, 0.05) is 18.1 Å². The third-order valence-electron chi connectivity index (χ3n) is 6.69. The Morgan fingerprint density at radius 3 is 2.12 bits per heavy atom. The van der Waals surface area contributed by atoms with Gasteiger partial charge in [-0.05, 0) is 24.3 Å². The smallest absolute Gasteiger partial charge is 0.219 e. The van der Waals surface area contributed by atoms with Crippen LogP contribution in [0, 0.1) is 50.2 Å². The second kappa shape index (κ2) is 7.95. The summed E-state index contributed by atoms with van der Waals surface area (Å²) in [5.41, 5.74) is -3.38. The Labute approximate surface area is 197 Å². The summed E-state index contributed by atoms with van der Waals surface area (Å²) in [5, 5.41) is 40.4. The third-order valence-corrected chi connectivity index (χ3v) is 6.69. The van der Waals surface area contributed by atoms with Crippen molar-refractivity contribution >= 4 is 5.90 Å². The highest BCUT2D eigenvalue weighted by atomic mass is 16.7. The number of hydrogen-bond donors (Lipinski definition) is 1. The number of fused-ring (bicyclic) bond motifs is 2. The van der Waals surface area contributed by atoms with Crippen LogP contribution in [0.2, 0.25) is 0 Å². The molecule has 0 saturated carbocycles. The molecule has 2 aliphatic heterocycles. The van der Waals surface area contributed by atoms with E-state index in [9.17, 15) is 15.8 Å². The Morgan fingerprint density at radius 1 is 0.882 bits per heavy atom. The van der Waals surface area contributed by atoms with Crippen molar-refractivity contribution in [2.24, 2.45) is 10.8 Å². The predicted octanol–water partition coefficient (Wildman–Crippen LogP) is 3.83. The summed E-state index contributed by atoms with van der Waals surface area (Å²) in [6, 6.07) is 18.0. The van der Waals surface area contributed by atoms with Crippen molar-refractivity contribution in [3.63, 3.8) is 0 Å². The Hall–Kier alpha value is -4.26. The summed E-state index contributed by atoms with van der Waals surface area (Å²) >= 11 is 0. The van der Waals surface area contributed by atoms with Gasteiger partial charge in [-0.15, -0.1) is 0 Å². The summed E-state index contributed by atoms with van der Waals surface area (Å²) in [7, 11) is 4.40. The summed E-state index contributed by atoms with van der Waals surface area (Å²) in [6.45, 7) is 1.59. The fraction of sp³-hybridized carbons (Fsp3) is 0.360. The first-order chi connectivity index (χ1) is 16.3. The molecular weight excluding hydrogens is 436 g/mol. The molecule has 2 bridgehead atoms. The van der Waals surface area contributed by atoms with Gasteiger partial charge in [-0.3, -0.25) is 5.41 Å². The zero-order valence-electron chi connectivity index (χ0n) is 19.1. The van der Waals surface area contributed by atoms with E-state index in [1.54, 1.807) is 49.4 Å². The average Bonchev–Trinajstić information content (AvgIpc) is 3.05. The SMILES string of the molecule is COc1ccc(OC)c(C2OC3(C)OC(=N)C(C#N)(C3c3ccccc3OC)C2(C#N)C#N)c1. The van der Waals surface area contributed by atoms with E-state index in [-0.39, 0.29) is 0 Å². The molecule has 34 heavy (non-hydrogen) atoms. The molecule has 2 aromatic rings. The Bertz CT molecular complexity index is 1280. The molecule has 0 aromatic heterocycles. The van der Waals surface area contributed by atoms with Gasteiger partial charge in [-0.1, -0.05) is 18.2 Å². The Balaban J connectivity index is 2.08.